The Kier molecular flexibility index (Phi) is 4.53. The predicted molar refractivity (Wildman–Crippen MR) is 79.8 cm³/mol. The minimum absolute atomic E-state index is 0.503. The highest BCUT2D eigenvalue weighted by Gasteiger charge is 2.11. The number of rotatable bonds is 3. The van der Waals surface area contributed by atoms with Crippen LogP contribution in [0.15, 0.2) is 47.1 Å². The van der Waals surface area contributed by atoms with E-state index in [0.29, 0.717) is 6.42 Å². The van der Waals surface area contributed by atoms with Crippen molar-refractivity contribution >= 4 is 38.5 Å². The van der Waals surface area contributed by atoms with Gasteiger partial charge in [0.2, 0.25) is 0 Å². The van der Waals surface area contributed by atoms with Gasteiger partial charge >= 0.3 is 0 Å². The van der Waals surface area contributed by atoms with E-state index in [1.807, 2.05) is 36.4 Å². The van der Waals surface area contributed by atoms with Gasteiger partial charge in [-0.15, -0.1) is 0 Å². The van der Waals surface area contributed by atoms with E-state index < -0.39 is 6.10 Å². The maximum absolute atomic E-state index is 10.2. The monoisotopic (exact) mass is 403 g/mol. The van der Waals surface area contributed by atoms with Crippen molar-refractivity contribution in [2.24, 2.45) is 0 Å². The number of hydrogen-bond donors (Lipinski definition) is 1. The van der Waals surface area contributed by atoms with Crippen LogP contribution in [0.5, 0.6) is 0 Å². The fourth-order valence-corrected chi connectivity index (χ4v) is 2.56. The van der Waals surface area contributed by atoms with Gasteiger partial charge in [-0.2, -0.15) is 0 Å². The van der Waals surface area contributed by atoms with E-state index in [0.717, 1.165) is 19.3 Å². The summed E-state index contributed by atoms with van der Waals surface area (Å²) < 4.78 is 2.03. The molecule has 1 heterocycles. The van der Waals surface area contributed by atoms with Gasteiger partial charge < -0.3 is 5.11 Å². The number of aliphatic hydroxyl groups is 1. The van der Waals surface area contributed by atoms with Gasteiger partial charge in [0.25, 0.3) is 0 Å². The first-order valence-corrected chi connectivity index (χ1v) is 7.07. The summed E-state index contributed by atoms with van der Waals surface area (Å²) in [6.45, 7) is 0. The molecular formula is C13H11BrINO. The first-order chi connectivity index (χ1) is 8.16. The molecular weight excluding hydrogens is 393 g/mol. The fraction of sp³-hybridized carbons (Fsp3) is 0.154. The number of nitrogens with zero attached hydrogens (tertiary/aromatic N) is 1. The number of aromatic nitrogens is 1. The lowest BCUT2D eigenvalue weighted by Crippen LogP contribution is -2.04. The molecule has 0 aliphatic carbocycles. The second-order valence-electron chi connectivity index (χ2n) is 3.71. The third-order valence-corrected chi connectivity index (χ3v) is 3.91. The van der Waals surface area contributed by atoms with Crippen molar-refractivity contribution in [2.75, 3.05) is 0 Å². The van der Waals surface area contributed by atoms with Gasteiger partial charge in [0, 0.05) is 26.4 Å². The quantitative estimate of drug-likeness (QED) is 0.792. The van der Waals surface area contributed by atoms with Crippen LogP contribution in [0.3, 0.4) is 0 Å². The molecule has 0 radical (unpaired) electrons. The van der Waals surface area contributed by atoms with E-state index in [2.05, 4.69) is 43.5 Å². The summed E-state index contributed by atoms with van der Waals surface area (Å²) in [6, 6.07) is 11.7. The van der Waals surface area contributed by atoms with Crippen molar-refractivity contribution in [3.63, 3.8) is 0 Å². The van der Waals surface area contributed by atoms with Crippen LogP contribution in [0, 0.1) is 3.57 Å². The molecule has 0 saturated carbocycles. The van der Waals surface area contributed by atoms with Crippen molar-refractivity contribution < 1.29 is 5.11 Å². The smallest absolute Gasteiger partial charge is 0.0855 e. The van der Waals surface area contributed by atoms with E-state index in [9.17, 15) is 5.11 Å². The van der Waals surface area contributed by atoms with E-state index in [1.54, 1.807) is 6.20 Å². The Morgan fingerprint density at radius 3 is 2.65 bits per heavy atom. The summed E-state index contributed by atoms with van der Waals surface area (Å²) in [6.07, 6.45) is 1.78. The molecule has 0 bridgehead atoms. The molecule has 0 spiro atoms. The van der Waals surface area contributed by atoms with E-state index >= 15 is 0 Å². The van der Waals surface area contributed by atoms with Gasteiger partial charge in [0.15, 0.2) is 0 Å². The first kappa shape index (κ1) is 13.0. The number of hydrogen-bond acceptors (Lipinski definition) is 2. The largest absolute Gasteiger partial charge is 0.388 e. The van der Waals surface area contributed by atoms with Crippen LogP contribution < -0.4 is 0 Å². The van der Waals surface area contributed by atoms with Crippen molar-refractivity contribution in [1.29, 1.82) is 0 Å². The fourth-order valence-electron chi connectivity index (χ4n) is 1.58. The predicted octanol–water partition coefficient (Wildman–Crippen LogP) is 3.72. The summed E-state index contributed by atoms with van der Waals surface area (Å²) in [5, 5.41) is 10.2. The summed E-state index contributed by atoms with van der Waals surface area (Å²) >= 11 is 5.58. The molecule has 0 amide bonds. The molecule has 1 N–H and O–H groups in total. The molecule has 0 aliphatic heterocycles. The van der Waals surface area contributed by atoms with Gasteiger partial charge in [-0.3, -0.25) is 4.98 Å². The third-order valence-electron chi connectivity index (χ3n) is 2.46. The standard InChI is InChI=1S/C13H11BrINO/c14-9-5-6-10(16-8-9)7-13(17)11-3-1-2-4-12(11)15/h1-6,8,13,17H,7H2. The normalized spacial score (nSPS) is 12.4. The second kappa shape index (κ2) is 5.93. The lowest BCUT2D eigenvalue weighted by molar-refractivity contribution is 0.176. The molecule has 2 nitrogen and oxygen atoms in total. The van der Waals surface area contributed by atoms with Crippen molar-refractivity contribution in [1.82, 2.24) is 4.98 Å². The molecule has 88 valence electrons. The Bertz CT molecular complexity index is 501. The molecule has 2 rings (SSSR count). The Morgan fingerprint density at radius 1 is 1.24 bits per heavy atom. The van der Waals surface area contributed by atoms with Crippen LogP contribution in [0.4, 0.5) is 0 Å². The van der Waals surface area contributed by atoms with Crippen LogP contribution in [0.25, 0.3) is 0 Å². The average molecular weight is 404 g/mol. The van der Waals surface area contributed by atoms with Crippen LogP contribution in [-0.4, -0.2) is 10.1 Å². The van der Waals surface area contributed by atoms with Crippen molar-refractivity contribution in [3.05, 3.63) is 61.9 Å². The number of benzene rings is 1. The highest BCUT2D eigenvalue weighted by atomic mass is 127. The zero-order chi connectivity index (χ0) is 12.3. The zero-order valence-corrected chi connectivity index (χ0v) is 12.7. The summed E-state index contributed by atoms with van der Waals surface area (Å²) in [5.41, 5.74) is 1.85. The summed E-state index contributed by atoms with van der Waals surface area (Å²) in [4.78, 5) is 4.26. The Hall–Kier alpha value is -0.460. The zero-order valence-electron chi connectivity index (χ0n) is 8.98. The first-order valence-electron chi connectivity index (χ1n) is 5.20. The molecule has 0 fully saturated rings. The Balaban J connectivity index is 2.14. The summed E-state index contributed by atoms with van der Waals surface area (Å²) in [5.74, 6) is 0. The number of halogens is 2. The van der Waals surface area contributed by atoms with Gasteiger partial charge in [-0.05, 0) is 62.3 Å². The van der Waals surface area contributed by atoms with Gasteiger partial charge in [-0.1, -0.05) is 18.2 Å². The van der Waals surface area contributed by atoms with Gasteiger partial charge in [-0.25, -0.2) is 0 Å². The Morgan fingerprint density at radius 2 is 2.00 bits per heavy atom. The average Bonchev–Trinajstić information content (AvgIpc) is 2.32. The third kappa shape index (κ3) is 3.50. The lowest BCUT2D eigenvalue weighted by atomic mass is 10.0. The number of pyridine rings is 1. The van der Waals surface area contributed by atoms with Crippen LogP contribution in [0.1, 0.15) is 17.4 Å². The maximum atomic E-state index is 10.2. The van der Waals surface area contributed by atoms with Crippen molar-refractivity contribution in [3.8, 4) is 0 Å². The molecule has 4 heteroatoms. The maximum Gasteiger partial charge on any atom is 0.0855 e. The molecule has 1 unspecified atom stereocenters. The molecule has 0 saturated heterocycles. The van der Waals surface area contributed by atoms with Crippen LogP contribution in [0.2, 0.25) is 0 Å². The minimum atomic E-state index is -0.503. The molecule has 1 aromatic heterocycles. The van der Waals surface area contributed by atoms with E-state index in [-0.39, 0.29) is 0 Å². The molecule has 2 aromatic rings. The van der Waals surface area contributed by atoms with Crippen LogP contribution in [-0.2, 0) is 6.42 Å². The van der Waals surface area contributed by atoms with Crippen molar-refractivity contribution in [2.45, 2.75) is 12.5 Å². The lowest BCUT2D eigenvalue weighted by Gasteiger charge is -2.12. The molecule has 1 atom stereocenters. The number of aliphatic hydroxyl groups excluding tert-OH is 1. The van der Waals surface area contributed by atoms with Gasteiger partial charge in [0.1, 0.15) is 0 Å². The highest BCUT2D eigenvalue weighted by molar-refractivity contribution is 14.1. The topological polar surface area (TPSA) is 33.1 Å². The second-order valence-corrected chi connectivity index (χ2v) is 5.79. The van der Waals surface area contributed by atoms with E-state index in [1.165, 1.54) is 0 Å². The van der Waals surface area contributed by atoms with E-state index in [4.69, 9.17) is 0 Å². The molecule has 1 aromatic carbocycles. The summed E-state index contributed by atoms with van der Waals surface area (Å²) in [7, 11) is 0. The van der Waals surface area contributed by atoms with Crippen LogP contribution >= 0.6 is 38.5 Å². The highest BCUT2D eigenvalue weighted by Crippen LogP contribution is 2.22. The Labute approximate surface area is 122 Å². The SMILES string of the molecule is OC(Cc1ccc(Br)cn1)c1ccccc1I. The van der Waals surface area contributed by atoms with Gasteiger partial charge in [0.05, 0.1) is 6.10 Å². The molecule has 17 heavy (non-hydrogen) atoms. The minimum Gasteiger partial charge on any atom is -0.388 e. The molecule has 0 aliphatic rings.